The first-order chi connectivity index (χ1) is 7.40. The van der Waals surface area contributed by atoms with E-state index in [1.807, 2.05) is 0 Å². The molecule has 0 spiro atoms. The molecule has 0 bridgehead atoms. The van der Waals surface area contributed by atoms with E-state index in [1.165, 1.54) is 0 Å². The Morgan fingerprint density at radius 2 is 1.81 bits per heavy atom. The van der Waals surface area contributed by atoms with E-state index in [0.717, 1.165) is 0 Å². The number of halogens is 3. The predicted octanol–water partition coefficient (Wildman–Crippen LogP) is 3.80. The summed E-state index contributed by atoms with van der Waals surface area (Å²) in [6, 6.07) is 5.03. The van der Waals surface area contributed by atoms with Gasteiger partial charge in [0, 0.05) is 20.8 Å². The lowest BCUT2D eigenvalue weighted by Crippen LogP contribution is -2.36. The number of benzene rings is 1. The predicted molar refractivity (Wildman–Crippen MR) is 75.6 cm³/mol. The van der Waals surface area contributed by atoms with Gasteiger partial charge in [0.1, 0.15) is 0 Å². The zero-order chi connectivity index (χ0) is 12.3. The Labute approximate surface area is 115 Å². The molecule has 0 fully saturated rings. The number of anilines is 1. The van der Waals surface area contributed by atoms with Crippen LogP contribution in [0.4, 0.5) is 5.69 Å². The zero-order valence-electron chi connectivity index (χ0n) is 8.21. The summed E-state index contributed by atoms with van der Waals surface area (Å²) >= 11 is 22.4. The lowest BCUT2D eigenvalue weighted by atomic mass is 10.3. The van der Waals surface area contributed by atoms with Crippen molar-refractivity contribution in [3.05, 3.63) is 39.9 Å². The maximum atomic E-state index is 5.88. The summed E-state index contributed by atoms with van der Waals surface area (Å²) < 4.78 is 0. The molecule has 0 saturated heterocycles. The number of thiocarbonyl (C=S) groups is 1. The average Bonchev–Trinajstić information content (AvgIpc) is 2.11. The Morgan fingerprint density at radius 1 is 1.31 bits per heavy atom. The number of hydrogen-bond donors (Lipinski definition) is 1. The van der Waals surface area contributed by atoms with Crippen LogP contribution in [0.1, 0.15) is 0 Å². The van der Waals surface area contributed by atoms with Gasteiger partial charge in [-0.05, 0) is 30.4 Å². The summed E-state index contributed by atoms with van der Waals surface area (Å²) in [5.41, 5.74) is 6.28. The molecule has 1 aromatic carbocycles. The molecular weight excluding hydrogens is 287 g/mol. The number of nitrogens with zero attached hydrogens (tertiary/aromatic N) is 1. The van der Waals surface area contributed by atoms with Gasteiger partial charge in [0.25, 0.3) is 0 Å². The minimum atomic E-state index is 0.181. The molecule has 0 heterocycles. The summed E-state index contributed by atoms with van der Waals surface area (Å²) in [5.74, 6) is 0. The molecule has 86 valence electrons. The van der Waals surface area contributed by atoms with Crippen LogP contribution in [0.15, 0.2) is 29.8 Å². The van der Waals surface area contributed by atoms with E-state index in [4.69, 9.17) is 52.8 Å². The van der Waals surface area contributed by atoms with Gasteiger partial charge in [-0.15, -0.1) is 0 Å². The standard InChI is InChI=1S/C10H9Cl3N2S/c1-6(11)5-15(10(14)16)9-3-7(12)2-8(13)4-9/h2-4H,1,5H2,(H2,14,16). The third-order valence-electron chi connectivity index (χ3n) is 1.75. The summed E-state index contributed by atoms with van der Waals surface area (Å²) in [6.07, 6.45) is 0. The summed E-state index contributed by atoms with van der Waals surface area (Å²) in [5, 5.41) is 1.61. The first-order valence-corrected chi connectivity index (χ1v) is 5.80. The van der Waals surface area contributed by atoms with Gasteiger partial charge in [-0.3, -0.25) is 0 Å². The topological polar surface area (TPSA) is 29.3 Å². The fraction of sp³-hybridized carbons (Fsp3) is 0.100. The molecule has 0 radical (unpaired) electrons. The van der Waals surface area contributed by atoms with Gasteiger partial charge in [0.15, 0.2) is 5.11 Å². The highest BCUT2D eigenvalue weighted by Gasteiger charge is 2.11. The lowest BCUT2D eigenvalue weighted by Gasteiger charge is -2.22. The molecule has 1 aromatic rings. The van der Waals surface area contributed by atoms with Crippen molar-refractivity contribution in [1.29, 1.82) is 0 Å². The van der Waals surface area contributed by atoms with E-state index in [2.05, 4.69) is 6.58 Å². The van der Waals surface area contributed by atoms with Crippen molar-refractivity contribution in [2.45, 2.75) is 0 Å². The van der Waals surface area contributed by atoms with Gasteiger partial charge in [-0.1, -0.05) is 41.4 Å². The van der Waals surface area contributed by atoms with Crippen molar-refractivity contribution in [2.75, 3.05) is 11.4 Å². The van der Waals surface area contributed by atoms with Gasteiger partial charge in [0.05, 0.1) is 6.54 Å². The number of nitrogens with two attached hydrogens (primary N) is 1. The molecule has 1 rings (SSSR count). The van der Waals surface area contributed by atoms with Crippen LogP contribution in [0.5, 0.6) is 0 Å². The van der Waals surface area contributed by atoms with Crippen molar-refractivity contribution in [1.82, 2.24) is 0 Å². The van der Waals surface area contributed by atoms with E-state index in [-0.39, 0.29) is 5.11 Å². The van der Waals surface area contributed by atoms with Crippen LogP contribution >= 0.6 is 47.0 Å². The Kier molecular flexibility index (Phi) is 4.87. The Morgan fingerprint density at radius 3 is 2.19 bits per heavy atom. The molecule has 0 atom stereocenters. The largest absolute Gasteiger partial charge is 0.376 e. The fourth-order valence-corrected chi connectivity index (χ4v) is 1.97. The van der Waals surface area contributed by atoms with Gasteiger partial charge in [-0.2, -0.15) is 0 Å². The van der Waals surface area contributed by atoms with Crippen molar-refractivity contribution in [2.24, 2.45) is 5.73 Å². The summed E-state index contributed by atoms with van der Waals surface area (Å²) in [7, 11) is 0. The summed E-state index contributed by atoms with van der Waals surface area (Å²) in [4.78, 5) is 1.60. The molecule has 0 unspecified atom stereocenters. The Balaban J connectivity index is 3.10. The highest BCUT2D eigenvalue weighted by atomic mass is 35.5. The maximum Gasteiger partial charge on any atom is 0.171 e. The van der Waals surface area contributed by atoms with E-state index in [0.29, 0.717) is 27.3 Å². The molecule has 2 nitrogen and oxygen atoms in total. The fourth-order valence-electron chi connectivity index (χ4n) is 1.16. The van der Waals surface area contributed by atoms with Crippen LogP contribution in [-0.4, -0.2) is 11.7 Å². The normalized spacial score (nSPS) is 9.94. The lowest BCUT2D eigenvalue weighted by molar-refractivity contribution is 1.13. The van der Waals surface area contributed by atoms with Crippen LogP contribution in [0.3, 0.4) is 0 Å². The average molecular weight is 296 g/mol. The first kappa shape index (κ1) is 13.6. The highest BCUT2D eigenvalue weighted by Crippen LogP contribution is 2.26. The third-order valence-corrected chi connectivity index (χ3v) is 2.53. The minimum Gasteiger partial charge on any atom is -0.376 e. The van der Waals surface area contributed by atoms with E-state index >= 15 is 0 Å². The Bertz CT molecular complexity index is 414. The second kappa shape index (κ2) is 5.73. The first-order valence-electron chi connectivity index (χ1n) is 4.26. The quantitative estimate of drug-likeness (QED) is 0.860. The van der Waals surface area contributed by atoms with Crippen molar-refractivity contribution < 1.29 is 0 Å². The molecule has 16 heavy (non-hydrogen) atoms. The molecule has 0 aliphatic heterocycles. The second-order valence-corrected chi connectivity index (χ2v) is 4.89. The Hall–Kier alpha value is -0.480. The van der Waals surface area contributed by atoms with Crippen LogP contribution in [0, 0.1) is 0 Å². The number of hydrogen-bond acceptors (Lipinski definition) is 1. The molecule has 0 aromatic heterocycles. The van der Waals surface area contributed by atoms with Crippen molar-refractivity contribution in [3.8, 4) is 0 Å². The minimum absolute atomic E-state index is 0.181. The monoisotopic (exact) mass is 294 g/mol. The highest BCUT2D eigenvalue weighted by molar-refractivity contribution is 7.80. The SMILES string of the molecule is C=C(Cl)CN(C(N)=S)c1cc(Cl)cc(Cl)c1. The van der Waals surface area contributed by atoms with Crippen molar-refractivity contribution in [3.63, 3.8) is 0 Å². The maximum absolute atomic E-state index is 5.88. The van der Waals surface area contributed by atoms with Gasteiger partial charge in [0.2, 0.25) is 0 Å². The van der Waals surface area contributed by atoms with Crippen LogP contribution in [-0.2, 0) is 0 Å². The van der Waals surface area contributed by atoms with Crippen LogP contribution in [0.2, 0.25) is 10.0 Å². The molecule has 0 aliphatic carbocycles. The molecule has 6 heteroatoms. The molecule has 0 aliphatic rings. The van der Waals surface area contributed by atoms with E-state index in [9.17, 15) is 0 Å². The smallest absolute Gasteiger partial charge is 0.171 e. The molecule has 0 amide bonds. The van der Waals surface area contributed by atoms with Gasteiger partial charge < -0.3 is 10.6 Å². The van der Waals surface area contributed by atoms with E-state index < -0.39 is 0 Å². The second-order valence-electron chi connectivity index (χ2n) is 3.07. The van der Waals surface area contributed by atoms with Crippen LogP contribution < -0.4 is 10.6 Å². The molecule has 0 saturated carbocycles. The third kappa shape index (κ3) is 3.83. The van der Waals surface area contributed by atoms with Crippen LogP contribution in [0.25, 0.3) is 0 Å². The van der Waals surface area contributed by atoms with Crippen molar-refractivity contribution >= 4 is 57.8 Å². The summed E-state index contributed by atoms with van der Waals surface area (Å²) in [6.45, 7) is 3.90. The van der Waals surface area contributed by atoms with E-state index in [1.54, 1.807) is 23.1 Å². The zero-order valence-corrected chi connectivity index (χ0v) is 11.3. The number of rotatable bonds is 3. The molecule has 2 N–H and O–H groups in total. The molecular formula is C10H9Cl3N2S. The van der Waals surface area contributed by atoms with Gasteiger partial charge in [-0.25, -0.2) is 0 Å². The van der Waals surface area contributed by atoms with Gasteiger partial charge >= 0.3 is 0 Å².